The summed E-state index contributed by atoms with van der Waals surface area (Å²) in [6.45, 7) is 2.19. The molecule has 0 saturated carbocycles. The van der Waals surface area contributed by atoms with Crippen molar-refractivity contribution in [2.45, 2.75) is 51.9 Å². The minimum Gasteiger partial charge on any atom is -0.493 e. The lowest BCUT2D eigenvalue weighted by Crippen LogP contribution is -2.03. The molecule has 0 radical (unpaired) electrons. The Balaban J connectivity index is 2.20. The third kappa shape index (κ3) is 7.87. The Morgan fingerprint density at radius 3 is 2.33 bits per heavy atom. The highest BCUT2D eigenvalue weighted by Gasteiger charge is 2.09. The zero-order valence-electron chi connectivity index (χ0n) is 12.7. The number of ether oxygens (including phenoxy) is 1. The van der Waals surface area contributed by atoms with Crippen molar-refractivity contribution in [2.75, 3.05) is 11.9 Å². The summed E-state index contributed by atoms with van der Waals surface area (Å²) in [5.74, 6) is 0.628. The monoisotopic (exact) mass is 374 g/mol. The van der Waals surface area contributed by atoms with E-state index in [1.807, 2.05) is 0 Å². The molecule has 0 heterocycles. The quantitative estimate of drug-likeness (QED) is 0.267. The second-order valence-electron chi connectivity index (χ2n) is 5.21. The molecule has 4 heteroatoms. The van der Waals surface area contributed by atoms with Crippen molar-refractivity contribution < 1.29 is 9.53 Å². The van der Waals surface area contributed by atoms with E-state index in [0.717, 1.165) is 11.8 Å². The van der Waals surface area contributed by atoms with Gasteiger partial charge in [-0.25, -0.2) is 0 Å². The Morgan fingerprint density at radius 1 is 1.10 bits per heavy atom. The Kier molecular flexibility index (Phi) is 9.77. The summed E-state index contributed by atoms with van der Waals surface area (Å²) in [7, 11) is 0. The molecule has 1 aromatic rings. The highest BCUT2D eigenvalue weighted by Crippen LogP contribution is 2.23. The first-order valence-corrected chi connectivity index (χ1v) is 9.14. The van der Waals surface area contributed by atoms with E-state index in [2.05, 4.69) is 15.9 Å². The molecular formula is C17H24BrClO2. The first kappa shape index (κ1) is 18.5. The molecule has 0 aromatic heterocycles. The smallest absolute Gasteiger partial charge is 0.163 e. The summed E-state index contributed by atoms with van der Waals surface area (Å²) in [6, 6.07) is 5.20. The standard InChI is InChI=1S/C17H24BrClO2/c1-14(20)16-13-15(19)9-10-17(16)21-12-8-6-4-2-3-5-7-11-18/h9-10,13H,2-8,11-12H2,1H3. The highest BCUT2D eigenvalue weighted by molar-refractivity contribution is 9.09. The normalized spacial score (nSPS) is 10.6. The number of hydrogen-bond donors (Lipinski definition) is 0. The zero-order chi connectivity index (χ0) is 15.5. The summed E-state index contributed by atoms with van der Waals surface area (Å²) in [6.07, 6.45) is 8.66. The highest BCUT2D eigenvalue weighted by atomic mass is 79.9. The fourth-order valence-electron chi connectivity index (χ4n) is 2.17. The van der Waals surface area contributed by atoms with Crippen LogP contribution < -0.4 is 4.74 Å². The Morgan fingerprint density at radius 2 is 1.71 bits per heavy atom. The lowest BCUT2D eigenvalue weighted by Gasteiger charge is -2.10. The average molecular weight is 376 g/mol. The molecule has 0 fully saturated rings. The van der Waals surface area contributed by atoms with Crippen molar-refractivity contribution in [3.8, 4) is 5.75 Å². The Labute approximate surface area is 141 Å². The fraction of sp³-hybridized carbons (Fsp3) is 0.588. The van der Waals surface area contributed by atoms with Crippen molar-refractivity contribution in [2.24, 2.45) is 0 Å². The number of halogens is 2. The predicted molar refractivity (Wildman–Crippen MR) is 93.1 cm³/mol. The van der Waals surface area contributed by atoms with Gasteiger partial charge in [0.15, 0.2) is 5.78 Å². The van der Waals surface area contributed by atoms with Crippen molar-refractivity contribution in [3.63, 3.8) is 0 Å². The lowest BCUT2D eigenvalue weighted by molar-refractivity contribution is 0.101. The second-order valence-corrected chi connectivity index (χ2v) is 6.44. The van der Waals surface area contributed by atoms with Crippen LogP contribution in [0.15, 0.2) is 18.2 Å². The van der Waals surface area contributed by atoms with E-state index in [1.54, 1.807) is 18.2 Å². The minimum absolute atomic E-state index is 0.0145. The van der Waals surface area contributed by atoms with E-state index in [9.17, 15) is 4.79 Å². The molecule has 1 rings (SSSR count). The molecule has 0 aliphatic rings. The number of carbonyl (C=O) groups is 1. The SMILES string of the molecule is CC(=O)c1cc(Cl)ccc1OCCCCCCCCCBr. The molecule has 118 valence electrons. The molecule has 0 amide bonds. The summed E-state index contributed by atoms with van der Waals surface area (Å²) in [5, 5.41) is 1.68. The van der Waals surface area contributed by atoms with E-state index in [4.69, 9.17) is 16.3 Å². The van der Waals surface area contributed by atoms with Gasteiger partial charge in [0.2, 0.25) is 0 Å². The molecule has 0 atom stereocenters. The van der Waals surface area contributed by atoms with Crippen LogP contribution in [0, 0.1) is 0 Å². The third-order valence-electron chi connectivity index (χ3n) is 3.36. The maximum absolute atomic E-state index is 11.5. The largest absolute Gasteiger partial charge is 0.493 e. The summed E-state index contributed by atoms with van der Waals surface area (Å²) in [5.41, 5.74) is 0.567. The number of carbonyl (C=O) groups excluding carboxylic acids is 1. The van der Waals surface area contributed by atoms with Crippen LogP contribution in [0.1, 0.15) is 62.2 Å². The van der Waals surface area contributed by atoms with Crippen molar-refractivity contribution in [1.29, 1.82) is 0 Å². The van der Waals surface area contributed by atoms with Gasteiger partial charge in [-0.15, -0.1) is 0 Å². The number of hydrogen-bond acceptors (Lipinski definition) is 2. The van der Waals surface area contributed by atoms with Gasteiger partial charge in [-0.3, -0.25) is 4.79 Å². The zero-order valence-corrected chi connectivity index (χ0v) is 15.0. The molecule has 21 heavy (non-hydrogen) atoms. The van der Waals surface area contributed by atoms with Gasteiger partial charge in [-0.1, -0.05) is 59.6 Å². The van der Waals surface area contributed by atoms with Crippen LogP contribution in [0.3, 0.4) is 0 Å². The van der Waals surface area contributed by atoms with Gasteiger partial charge >= 0.3 is 0 Å². The molecule has 0 saturated heterocycles. The number of ketones is 1. The molecule has 0 spiro atoms. The van der Waals surface area contributed by atoms with E-state index >= 15 is 0 Å². The van der Waals surface area contributed by atoms with E-state index in [-0.39, 0.29) is 5.78 Å². The van der Waals surface area contributed by atoms with Gasteiger partial charge in [-0.05, 0) is 38.0 Å². The van der Waals surface area contributed by atoms with E-state index < -0.39 is 0 Å². The molecule has 0 aliphatic carbocycles. The van der Waals surface area contributed by atoms with Gasteiger partial charge in [0.1, 0.15) is 5.75 Å². The first-order valence-electron chi connectivity index (χ1n) is 7.64. The number of rotatable bonds is 11. The number of alkyl halides is 1. The maximum Gasteiger partial charge on any atom is 0.163 e. The number of benzene rings is 1. The fourth-order valence-corrected chi connectivity index (χ4v) is 2.73. The molecule has 0 unspecified atom stereocenters. The third-order valence-corrected chi connectivity index (χ3v) is 4.15. The summed E-state index contributed by atoms with van der Waals surface area (Å²) >= 11 is 9.35. The van der Waals surface area contributed by atoms with Crippen molar-refractivity contribution in [3.05, 3.63) is 28.8 Å². The molecule has 0 N–H and O–H groups in total. The van der Waals surface area contributed by atoms with Gasteiger partial charge in [-0.2, -0.15) is 0 Å². The van der Waals surface area contributed by atoms with Crippen LogP contribution in [-0.2, 0) is 0 Å². The molecule has 2 nitrogen and oxygen atoms in total. The topological polar surface area (TPSA) is 26.3 Å². The predicted octanol–water partition coefficient (Wildman–Crippen LogP) is 6.05. The minimum atomic E-state index is -0.0145. The van der Waals surface area contributed by atoms with Gasteiger partial charge < -0.3 is 4.74 Å². The molecule has 0 aliphatic heterocycles. The molecular weight excluding hydrogens is 352 g/mol. The first-order chi connectivity index (χ1) is 10.1. The lowest BCUT2D eigenvalue weighted by atomic mass is 10.1. The molecule has 0 bridgehead atoms. The van der Waals surface area contributed by atoms with Gasteiger partial charge in [0.05, 0.1) is 12.2 Å². The van der Waals surface area contributed by atoms with Crippen LogP contribution in [0.25, 0.3) is 0 Å². The number of unbranched alkanes of at least 4 members (excludes halogenated alkanes) is 6. The Bertz CT molecular complexity index is 435. The number of Topliss-reactive ketones (excluding diaryl/α,β-unsaturated/α-hetero) is 1. The van der Waals surface area contributed by atoms with Crippen molar-refractivity contribution in [1.82, 2.24) is 0 Å². The van der Waals surface area contributed by atoms with Crippen LogP contribution in [0.5, 0.6) is 5.75 Å². The average Bonchev–Trinajstić information content (AvgIpc) is 2.46. The van der Waals surface area contributed by atoms with Crippen LogP contribution >= 0.6 is 27.5 Å². The van der Waals surface area contributed by atoms with Gasteiger partial charge in [0, 0.05) is 10.4 Å². The van der Waals surface area contributed by atoms with Crippen molar-refractivity contribution >= 4 is 33.3 Å². The van der Waals surface area contributed by atoms with Gasteiger partial charge in [0.25, 0.3) is 0 Å². The molecule has 1 aromatic carbocycles. The Hall–Kier alpha value is -0.540. The maximum atomic E-state index is 11.5. The van der Waals surface area contributed by atoms with Crippen LogP contribution in [0.2, 0.25) is 5.02 Å². The summed E-state index contributed by atoms with van der Waals surface area (Å²) in [4.78, 5) is 11.5. The van der Waals surface area contributed by atoms with Crippen LogP contribution in [-0.4, -0.2) is 17.7 Å². The van der Waals surface area contributed by atoms with E-state index in [1.165, 1.54) is 45.4 Å². The summed E-state index contributed by atoms with van der Waals surface area (Å²) < 4.78 is 5.71. The second kappa shape index (κ2) is 11.1. The van der Waals surface area contributed by atoms with E-state index in [0.29, 0.717) is 22.9 Å². The van der Waals surface area contributed by atoms with Crippen LogP contribution in [0.4, 0.5) is 0 Å².